The van der Waals surface area contributed by atoms with E-state index in [0.717, 1.165) is 25.7 Å². The summed E-state index contributed by atoms with van der Waals surface area (Å²) in [7, 11) is 1.62. The number of rotatable bonds is 6. The number of benzene rings is 1. The summed E-state index contributed by atoms with van der Waals surface area (Å²) in [6.45, 7) is 3.67. The van der Waals surface area contributed by atoms with Gasteiger partial charge in [0.15, 0.2) is 0 Å². The minimum atomic E-state index is -0.672. The third-order valence-electron chi connectivity index (χ3n) is 4.67. The molecule has 0 heterocycles. The van der Waals surface area contributed by atoms with Gasteiger partial charge in [-0.05, 0) is 45.1 Å². The highest BCUT2D eigenvalue weighted by molar-refractivity contribution is 5.90. The summed E-state index contributed by atoms with van der Waals surface area (Å²) in [5.74, 6) is -0.568. The maximum atomic E-state index is 12.6. The molecule has 0 saturated heterocycles. The van der Waals surface area contributed by atoms with Gasteiger partial charge in [-0.25, -0.2) is 5.48 Å². The van der Waals surface area contributed by atoms with Crippen molar-refractivity contribution in [3.63, 3.8) is 0 Å². The normalized spacial score (nSPS) is 16.7. The quantitative estimate of drug-likeness (QED) is 0.624. The van der Waals surface area contributed by atoms with E-state index in [0.29, 0.717) is 0 Å². The Hall–Kier alpha value is -1.88. The Morgan fingerprint density at radius 2 is 2.09 bits per heavy atom. The van der Waals surface area contributed by atoms with Gasteiger partial charge < -0.3 is 4.90 Å². The van der Waals surface area contributed by atoms with Gasteiger partial charge >= 0.3 is 0 Å². The molecule has 1 saturated carbocycles. The van der Waals surface area contributed by atoms with Gasteiger partial charge in [-0.3, -0.25) is 14.8 Å². The van der Waals surface area contributed by atoms with Gasteiger partial charge in [-0.2, -0.15) is 0 Å². The van der Waals surface area contributed by atoms with Gasteiger partial charge in [0.2, 0.25) is 5.91 Å². The number of amides is 2. The molecule has 1 atom stereocenters. The molecule has 0 aliphatic heterocycles. The SMILES string of the molecule is Cc1cccc(CCC2(C(=O)N(C)[C@H](C)C(=O)NO)CC2)c1. The zero-order chi connectivity index (χ0) is 16.3. The van der Waals surface area contributed by atoms with Crippen molar-refractivity contribution in [1.29, 1.82) is 0 Å². The van der Waals surface area contributed by atoms with Crippen LogP contribution in [0.4, 0.5) is 0 Å². The van der Waals surface area contributed by atoms with Gasteiger partial charge in [-0.15, -0.1) is 0 Å². The lowest BCUT2D eigenvalue weighted by Crippen LogP contribution is -2.47. The molecule has 2 rings (SSSR count). The van der Waals surface area contributed by atoms with E-state index in [2.05, 4.69) is 25.1 Å². The van der Waals surface area contributed by atoms with Crippen molar-refractivity contribution < 1.29 is 14.8 Å². The lowest BCUT2D eigenvalue weighted by molar-refractivity contribution is -0.145. The number of nitrogens with zero attached hydrogens (tertiary/aromatic N) is 1. The van der Waals surface area contributed by atoms with Gasteiger partial charge in [0, 0.05) is 12.5 Å². The first-order chi connectivity index (χ1) is 10.4. The van der Waals surface area contributed by atoms with Crippen LogP contribution in [0.15, 0.2) is 24.3 Å². The third kappa shape index (κ3) is 3.47. The van der Waals surface area contributed by atoms with Crippen LogP contribution in [0.2, 0.25) is 0 Å². The first kappa shape index (κ1) is 16.5. The van der Waals surface area contributed by atoms with Crippen LogP contribution in [0.5, 0.6) is 0 Å². The molecule has 0 bridgehead atoms. The van der Waals surface area contributed by atoms with Gasteiger partial charge in [-0.1, -0.05) is 29.8 Å². The van der Waals surface area contributed by atoms with Crippen molar-refractivity contribution in [2.75, 3.05) is 7.05 Å². The smallest absolute Gasteiger partial charge is 0.265 e. The molecule has 1 aromatic rings. The molecule has 1 aliphatic rings. The van der Waals surface area contributed by atoms with E-state index in [-0.39, 0.29) is 11.3 Å². The van der Waals surface area contributed by atoms with Gasteiger partial charge in [0.1, 0.15) is 6.04 Å². The average molecular weight is 304 g/mol. The van der Waals surface area contributed by atoms with Crippen molar-refractivity contribution in [2.45, 2.75) is 45.6 Å². The predicted octanol–water partition coefficient (Wildman–Crippen LogP) is 2.06. The van der Waals surface area contributed by atoms with E-state index in [4.69, 9.17) is 5.21 Å². The van der Waals surface area contributed by atoms with E-state index in [1.54, 1.807) is 19.5 Å². The summed E-state index contributed by atoms with van der Waals surface area (Å²) >= 11 is 0. The number of carbonyl (C=O) groups excluding carboxylic acids is 2. The molecule has 5 nitrogen and oxygen atoms in total. The zero-order valence-corrected chi connectivity index (χ0v) is 13.4. The topological polar surface area (TPSA) is 69.6 Å². The van der Waals surface area contributed by atoms with E-state index < -0.39 is 11.9 Å². The summed E-state index contributed by atoms with van der Waals surface area (Å²) in [6.07, 6.45) is 3.40. The Morgan fingerprint density at radius 3 is 2.64 bits per heavy atom. The van der Waals surface area contributed by atoms with Gasteiger partial charge in [0.05, 0.1) is 0 Å². The molecule has 120 valence electrons. The maximum Gasteiger partial charge on any atom is 0.265 e. The number of hydrogen-bond acceptors (Lipinski definition) is 3. The minimum Gasteiger partial charge on any atom is -0.333 e. The first-order valence-electron chi connectivity index (χ1n) is 7.66. The highest BCUT2D eigenvalue weighted by atomic mass is 16.5. The van der Waals surface area contributed by atoms with Crippen LogP contribution in [-0.4, -0.2) is 35.0 Å². The zero-order valence-electron chi connectivity index (χ0n) is 13.4. The number of hydroxylamine groups is 1. The first-order valence-corrected chi connectivity index (χ1v) is 7.66. The molecule has 0 aromatic heterocycles. The minimum absolute atomic E-state index is 0.00347. The molecule has 5 heteroatoms. The molecule has 0 spiro atoms. The second-order valence-corrected chi connectivity index (χ2v) is 6.34. The van der Waals surface area contributed by atoms with Crippen LogP contribution < -0.4 is 5.48 Å². The van der Waals surface area contributed by atoms with Gasteiger partial charge in [0.25, 0.3) is 5.91 Å². The fourth-order valence-electron chi connectivity index (χ4n) is 2.79. The van der Waals surface area contributed by atoms with E-state index in [9.17, 15) is 9.59 Å². The van der Waals surface area contributed by atoms with Crippen LogP contribution >= 0.6 is 0 Å². The Kier molecular flexibility index (Phi) is 4.86. The monoisotopic (exact) mass is 304 g/mol. The third-order valence-corrected chi connectivity index (χ3v) is 4.67. The fraction of sp³-hybridized carbons (Fsp3) is 0.529. The van der Waals surface area contributed by atoms with Crippen molar-refractivity contribution in [3.8, 4) is 0 Å². The molecular weight excluding hydrogens is 280 g/mol. The van der Waals surface area contributed by atoms with E-state index >= 15 is 0 Å². The maximum absolute atomic E-state index is 12.6. The predicted molar refractivity (Wildman–Crippen MR) is 83.3 cm³/mol. The number of aryl methyl sites for hydroxylation is 2. The van der Waals surface area contributed by atoms with Crippen LogP contribution in [-0.2, 0) is 16.0 Å². The number of hydrogen-bond donors (Lipinski definition) is 2. The molecule has 2 N–H and O–H groups in total. The second-order valence-electron chi connectivity index (χ2n) is 6.34. The summed E-state index contributed by atoms with van der Waals surface area (Å²) in [5.41, 5.74) is 3.73. The molecule has 1 fully saturated rings. The lowest BCUT2D eigenvalue weighted by atomic mass is 9.94. The van der Waals surface area contributed by atoms with Crippen LogP contribution in [0, 0.1) is 12.3 Å². The molecular formula is C17H24N2O3. The number of likely N-dealkylation sites (N-methyl/N-ethyl adjacent to an activating group) is 1. The van der Waals surface area contributed by atoms with Crippen molar-refractivity contribution in [1.82, 2.24) is 10.4 Å². The molecule has 2 amide bonds. The summed E-state index contributed by atoms with van der Waals surface area (Å²) < 4.78 is 0. The molecule has 22 heavy (non-hydrogen) atoms. The Morgan fingerprint density at radius 1 is 1.41 bits per heavy atom. The second kappa shape index (κ2) is 6.48. The van der Waals surface area contributed by atoms with Crippen molar-refractivity contribution in [3.05, 3.63) is 35.4 Å². The van der Waals surface area contributed by atoms with E-state index in [1.807, 2.05) is 6.07 Å². The van der Waals surface area contributed by atoms with E-state index in [1.165, 1.54) is 16.0 Å². The highest BCUT2D eigenvalue weighted by Crippen LogP contribution is 2.51. The summed E-state index contributed by atoms with van der Waals surface area (Å²) in [5, 5.41) is 8.69. The molecule has 1 aliphatic carbocycles. The highest BCUT2D eigenvalue weighted by Gasteiger charge is 2.51. The van der Waals surface area contributed by atoms with Crippen molar-refractivity contribution in [2.24, 2.45) is 5.41 Å². The summed E-state index contributed by atoms with van der Waals surface area (Å²) in [4.78, 5) is 25.5. The Labute approximate surface area is 131 Å². The standard InChI is InChI=1S/C17H24N2O3/c1-12-5-4-6-14(11-12)7-8-17(9-10-17)16(21)19(3)13(2)15(20)18-22/h4-6,11,13,22H,7-10H2,1-3H3,(H,18,20)/t13-/m1/s1. The van der Waals surface area contributed by atoms with Crippen LogP contribution in [0.3, 0.4) is 0 Å². The largest absolute Gasteiger partial charge is 0.333 e. The Balaban J connectivity index is 1.98. The number of nitrogens with one attached hydrogen (secondary N) is 1. The molecule has 0 unspecified atom stereocenters. The summed E-state index contributed by atoms with van der Waals surface area (Å²) in [6, 6.07) is 7.65. The number of carbonyl (C=O) groups is 2. The van der Waals surface area contributed by atoms with Crippen LogP contribution in [0.25, 0.3) is 0 Å². The fourth-order valence-corrected chi connectivity index (χ4v) is 2.79. The van der Waals surface area contributed by atoms with Crippen molar-refractivity contribution >= 4 is 11.8 Å². The molecule has 1 aromatic carbocycles. The Bertz CT molecular complexity index is 567. The lowest BCUT2D eigenvalue weighted by Gasteiger charge is -2.27. The average Bonchev–Trinajstić information content (AvgIpc) is 3.31. The van der Waals surface area contributed by atoms with Crippen LogP contribution in [0.1, 0.15) is 37.3 Å². The molecule has 0 radical (unpaired) electrons.